The molecular weight excluding hydrogens is 210 g/mol. The molecular formula is C11H11NO2S. The van der Waals surface area contributed by atoms with Crippen molar-refractivity contribution in [3.05, 3.63) is 29.8 Å². The Kier molecular flexibility index (Phi) is 2.87. The Labute approximate surface area is 93.7 Å². The molecule has 4 heteroatoms. The van der Waals surface area contributed by atoms with Gasteiger partial charge in [0.15, 0.2) is 11.5 Å². The number of hydrogen-bond donors (Lipinski definition) is 1. The van der Waals surface area contributed by atoms with E-state index in [9.17, 15) is 0 Å². The van der Waals surface area contributed by atoms with Crippen molar-refractivity contribution in [3.8, 4) is 11.5 Å². The first kappa shape index (κ1) is 9.98. The van der Waals surface area contributed by atoms with E-state index in [2.05, 4.69) is 5.32 Å². The Hall–Kier alpha value is -1.55. The fourth-order valence-corrected chi connectivity index (χ4v) is 1.34. The van der Waals surface area contributed by atoms with E-state index in [1.165, 1.54) is 0 Å². The Morgan fingerprint density at radius 3 is 3.00 bits per heavy atom. The van der Waals surface area contributed by atoms with Crippen LogP contribution in [0.4, 0.5) is 0 Å². The van der Waals surface area contributed by atoms with Crippen LogP contribution in [0.15, 0.2) is 24.3 Å². The molecule has 0 amide bonds. The van der Waals surface area contributed by atoms with Crippen LogP contribution in [0.5, 0.6) is 11.5 Å². The molecule has 0 fully saturated rings. The van der Waals surface area contributed by atoms with Gasteiger partial charge in [0.1, 0.15) is 0 Å². The molecule has 0 atom stereocenters. The van der Waals surface area contributed by atoms with Crippen LogP contribution < -0.4 is 14.8 Å². The van der Waals surface area contributed by atoms with Crippen molar-refractivity contribution in [3.63, 3.8) is 0 Å². The van der Waals surface area contributed by atoms with E-state index in [0.29, 0.717) is 11.8 Å². The maximum Gasteiger partial charge on any atom is 0.231 e. The van der Waals surface area contributed by atoms with E-state index >= 15 is 0 Å². The van der Waals surface area contributed by atoms with Crippen molar-refractivity contribution >= 4 is 23.3 Å². The zero-order valence-electron chi connectivity index (χ0n) is 8.32. The lowest BCUT2D eigenvalue weighted by molar-refractivity contribution is 0.174. The maximum absolute atomic E-state index is 5.27. The van der Waals surface area contributed by atoms with Crippen molar-refractivity contribution < 1.29 is 9.47 Å². The van der Waals surface area contributed by atoms with Crippen molar-refractivity contribution in [2.75, 3.05) is 13.8 Å². The smallest absolute Gasteiger partial charge is 0.231 e. The lowest BCUT2D eigenvalue weighted by Crippen LogP contribution is -2.11. The van der Waals surface area contributed by atoms with Crippen LogP contribution in [0.3, 0.4) is 0 Å². The zero-order valence-corrected chi connectivity index (χ0v) is 9.14. The lowest BCUT2D eigenvalue weighted by Gasteiger charge is -1.98. The van der Waals surface area contributed by atoms with E-state index in [1.54, 1.807) is 7.05 Å². The molecule has 1 aliphatic rings. The second-order valence-electron chi connectivity index (χ2n) is 3.06. The van der Waals surface area contributed by atoms with Crippen LogP contribution >= 0.6 is 12.2 Å². The highest BCUT2D eigenvalue weighted by atomic mass is 32.1. The molecule has 0 unspecified atom stereocenters. The highest BCUT2D eigenvalue weighted by Crippen LogP contribution is 2.32. The first-order valence-electron chi connectivity index (χ1n) is 4.59. The number of rotatable bonds is 2. The number of benzene rings is 1. The molecule has 15 heavy (non-hydrogen) atoms. The monoisotopic (exact) mass is 221 g/mol. The van der Waals surface area contributed by atoms with E-state index in [1.807, 2.05) is 30.4 Å². The van der Waals surface area contributed by atoms with Crippen LogP contribution in [0.25, 0.3) is 6.08 Å². The van der Waals surface area contributed by atoms with Gasteiger partial charge in [-0.3, -0.25) is 0 Å². The molecule has 0 radical (unpaired) electrons. The van der Waals surface area contributed by atoms with Crippen molar-refractivity contribution in [1.29, 1.82) is 0 Å². The van der Waals surface area contributed by atoms with Crippen LogP contribution in [-0.4, -0.2) is 18.8 Å². The Morgan fingerprint density at radius 1 is 1.40 bits per heavy atom. The third-order valence-electron chi connectivity index (χ3n) is 2.07. The number of likely N-dealkylation sites (N-methyl/N-ethyl adjacent to an activating group) is 1. The zero-order chi connectivity index (χ0) is 10.7. The third-order valence-corrected chi connectivity index (χ3v) is 2.41. The minimum Gasteiger partial charge on any atom is -0.454 e. The highest BCUT2D eigenvalue weighted by Gasteiger charge is 2.11. The predicted octanol–water partition coefficient (Wildman–Crippen LogP) is 1.98. The molecule has 78 valence electrons. The molecule has 1 N–H and O–H groups in total. The molecule has 3 nitrogen and oxygen atoms in total. The summed E-state index contributed by atoms with van der Waals surface area (Å²) in [6.07, 6.45) is 3.77. The normalized spacial score (nSPS) is 13.1. The molecule has 2 rings (SSSR count). The van der Waals surface area contributed by atoms with Crippen molar-refractivity contribution in [2.24, 2.45) is 0 Å². The second-order valence-corrected chi connectivity index (χ2v) is 3.50. The number of hydrogen-bond acceptors (Lipinski definition) is 3. The first-order valence-corrected chi connectivity index (χ1v) is 5.00. The molecule has 1 aromatic rings. The fraction of sp³-hybridized carbons (Fsp3) is 0.182. The number of thiocarbonyl (C=S) groups is 1. The number of ether oxygens (including phenoxy) is 2. The molecule has 0 bridgehead atoms. The summed E-state index contributed by atoms with van der Waals surface area (Å²) in [5.41, 5.74) is 1.04. The van der Waals surface area contributed by atoms with Gasteiger partial charge in [-0.1, -0.05) is 24.4 Å². The Balaban J connectivity index is 2.16. The SMILES string of the molecule is CNC(=S)/C=C/c1ccc2c(c1)OCO2. The van der Waals surface area contributed by atoms with Crippen molar-refractivity contribution in [1.82, 2.24) is 5.32 Å². The molecule has 0 saturated heterocycles. The van der Waals surface area contributed by atoms with Gasteiger partial charge in [-0.05, 0) is 23.8 Å². The average molecular weight is 221 g/mol. The number of fused-ring (bicyclic) bond motifs is 1. The van der Waals surface area contributed by atoms with Gasteiger partial charge in [-0.15, -0.1) is 0 Å². The van der Waals surface area contributed by atoms with Gasteiger partial charge in [-0.2, -0.15) is 0 Å². The minimum atomic E-state index is 0.303. The van der Waals surface area contributed by atoms with Crippen molar-refractivity contribution in [2.45, 2.75) is 0 Å². The molecule has 0 aromatic heterocycles. The summed E-state index contributed by atoms with van der Waals surface area (Å²) in [6.45, 7) is 0.303. The first-order chi connectivity index (χ1) is 7.29. The van der Waals surface area contributed by atoms with Gasteiger partial charge in [-0.25, -0.2) is 0 Å². The van der Waals surface area contributed by atoms with Gasteiger partial charge < -0.3 is 14.8 Å². The van der Waals surface area contributed by atoms with Gasteiger partial charge in [0.05, 0.1) is 4.99 Å². The van der Waals surface area contributed by atoms with Gasteiger partial charge in [0.2, 0.25) is 6.79 Å². The summed E-state index contributed by atoms with van der Waals surface area (Å²) in [7, 11) is 1.80. The fourth-order valence-electron chi connectivity index (χ4n) is 1.27. The van der Waals surface area contributed by atoms with Crippen LogP contribution in [0.1, 0.15) is 5.56 Å². The lowest BCUT2D eigenvalue weighted by atomic mass is 10.2. The molecule has 0 aliphatic carbocycles. The molecule has 1 aromatic carbocycles. The summed E-state index contributed by atoms with van der Waals surface area (Å²) in [4.78, 5) is 0.702. The topological polar surface area (TPSA) is 30.5 Å². The van der Waals surface area contributed by atoms with E-state index in [-0.39, 0.29) is 0 Å². The van der Waals surface area contributed by atoms with Gasteiger partial charge in [0.25, 0.3) is 0 Å². The van der Waals surface area contributed by atoms with Gasteiger partial charge in [0, 0.05) is 7.05 Å². The molecule has 0 saturated carbocycles. The highest BCUT2D eigenvalue weighted by molar-refractivity contribution is 7.80. The minimum absolute atomic E-state index is 0.303. The van der Waals surface area contributed by atoms with Crippen LogP contribution in [0, 0.1) is 0 Å². The Bertz CT molecular complexity index is 415. The van der Waals surface area contributed by atoms with Crippen LogP contribution in [-0.2, 0) is 0 Å². The standard InChI is InChI=1S/C11H11NO2S/c1-12-11(15)5-3-8-2-4-9-10(6-8)14-7-13-9/h2-6H,7H2,1H3,(H,12,15)/b5-3+. The largest absolute Gasteiger partial charge is 0.454 e. The molecule has 1 heterocycles. The summed E-state index contributed by atoms with van der Waals surface area (Å²) >= 11 is 5.00. The summed E-state index contributed by atoms with van der Waals surface area (Å²) in [5, 5.41) is 2.88. The van der Waals surface area contributed by atoms with E-state index in [4.69, 9.17) is 21.7 Å². The summed E-state index contributed by atoms with van der Waals surface area (Å²) < 4.78 is 10.5. The predicted molar refractivity (Wildman–Crippen MR) is 63.3 cm³/mol. The third kappa shape index (κ3) is 2.27. The number of nitrogens with one attached hydrogen (secondary N) is 1. The second kappa shape index (κ2) is 4.31. The Morgan fingerprint density at radius 2 is 2.20 bits per heavy atom. The molecule has 0 spiro atoms. The van der Waals surface area contributed by atoms with E-state index in [0.717, 1.165) is 17.1 Å². The molecule has 1 aliphatic heterocycles. The van der Waals surface area contributed by atoms with Crippen LogP contribution in [0.2, 0.25) is 0 Å². The van der Waals surface area contributed by atoms with Gasteiger partial charge >= 0.3 is 0 Å². The van der Waals surface area contributed by atoms with E-state index < -0.39 is 0 Å². The maximum atomic E-state index is 5.27. The summed E-state index contributed by atoms with van der Waals surface area (Å²) in [5.74, 6) is 1.58. The quantitative estimate of drug-likeness (QED) is 0.611. The summed E-state index contributed by atoms with van der Waals surface area (Å²) in [6, 6.07) is 5.78. The average Bonchev–Trinajstić information content (AvgIpc) is 2.72.